The summed E-state index contributed by atoms with van der Waals surface area (Å²) in [5.74, 6) is 0.0634. The molecule has 15 heavy (non-hydrogen) atoms. The number of ketones is 1. The van der Waals surface area contributed by atoms with Crippen LogP contribution in [0.15, 0.2) is 28.9 Å². The summed E-state index contributed by atoms with van der Waals surface area (Å²) in [7, 11) is 0. The number of aromatic amines is 1. The summed E-state index contributed by atoms with van der Waals surface area (Å²) >= 11 is 4.80. The zero-order valence-electron chi connectivity index (χ0n) is 7.98. The molecular weight excluding hydrogens is 212 g/mol. The molecule has 0 aliphatic rings. The standard InChI is InChI=1S/C10H8N2O2S/c1-6-9(14-10(15)12-6)8(13)7-2-4-11-5-3-7/h2-5H,1H3,(H,12,15). The number of aromatic nitrogens is 2. The van der Waals surface area contributed by atoms with Crippen molar-refractivity contribution in [3.05, 3.63) is 46.4 Å². The van der Waals surface area contributed by atoms with Gasteiger partial charge in [-0.15, -0.1) is 0 Å². The van der Waals surface area contributed by atoms with Gasteiger partial charge in [0.2, 0.25) is 5.78 Å². The molecule has 0 fully saturated rings. The number of carbonyl (C=O) groups excluding carboxylic acids is 1. The SMILES string of the molecule is Cc1[nH]c(=S)oc1C(=O)c1ccncc1. The van der Waals surface area contributed by atoms with Crippen LogP contribution in [0.2, 0.25) is 0 Å². The molecule has 0 radical (unpaired) electrons. The van der Waals surface area contributed by atoms with Gasteiger partial charge in [0.05, 0.1) is 5.69 Å². The van der Waals surface area contributed by atoms with E-state index in [0.717, 1.165) is 0 Å². The van der Waals surface area contributed by atoms with Crippen molar-refractivity contribution in [2.75, 3.05) is 0 Å². The Labute approximate surface area is 91.0 Å². The number of aryl methyl sites for hydroxylation is 1. The number of hydrogen-bond donors (Lipinski definition) is 1. The first-order valence-electron chi connectivity index (χ1n) is 4.33. The minimum absolute atomic E-state index is 0.192. The van der Waals surface area contributed by atoms with Crippen LogP contribution in [0.1, 0.15) is 21.8 Å². The summed E-state index contributed by atoms with van der Waals surface area (Å²) in [5.41, 5.74) is 1.17. The topological polar surface area (TPSA) is 58.9 Å². The average Bonchev–Trinajstić information content (AvgIpc) is 2.58. The molecular formula is C10H8N2O2S. The molecule has 76 valence electrons. The van der Waals surface area contributed by atoms with E-state index in [1.807, 2.05) is 0 Å². The smallest absolute Gasteiger partial charge is 0.266 e. The Morgan fingerprint density at radius 1 is 1.47 bits per heavy atom. The van der Waals surface area contributed by atoms with E-state index in [2.05, 4.69) is 9.97 Å². The fourth-order valence-electron chi connectivity index (χ4n) is 1.26. The van der Waals surface area contributed by atoms with Crippen LogP contribution in [-0.2, 0) is 0 Å². The lowest BCUT2D eigenvalue weighted by molar-refractivity contribution is 0.101. The van der Waals surface area contributed by atoms with Gasteiger partial charge in [-0.3, -0.25) is 9.78 Å². The normalized spacial score (nSPS) is 10.2. The summed E-state index contributed by atoms with van der Waals surface area (Å²) in [6.07, 6.45) is 3.12. The molecule has 0 saturated carbocycles. The Morgan fingerprint density at radius 2 is 2.13 bits per heavy atom. The maximum atomic E-state index is 11.9. The Balaban J connectivity index is 2.46. The number of carbonyl (C=O) groups is 1. The second kappa shape index (κ2) is 3.78. The molecule has 0 saturated heterocycles. The maximum absolute atomic E-state index is 11.9. The number of hydrogen-bond acceptors (Lipinski definition) is 4. The second-order valence-corrected chi connectivity index (χ2v) is 3.40. The highest BCUT2D eigenvalue weighted by atomic mass is 32.1. The molecule has 0 aliphatic heterocycles. The first-order valence-corrected chi connectivity index (χ1v) is 4.74. The monoisotopic (exact) mass is 220 g/mol. The van der Waals surface area contributed by atoms with Crippen molar-refractivity contribution in [3.8, 4) is 0 Å². The molecule has 0 amide bonds. The maximum Gasteiger partial charge on any atom is 0.266 e. The van der Waals surface area contributed by atoms with Crippen LogP contribution < -0.4 is 0 Å². The summed E-state index contributed by atoms with van der Waals surface area (Å²) in [4.78, 5) is 18.7. The molecule has 2 rings (SSSR count). The minimum Gasteiger partial charge on any atom is -0.426 e. The Morgan fingerprint density at radius 3 is 2.67 bits per heavy atom. The van der Waals surface area contributed by atoms with Crippen molar-refractivity contribution >= 4 is 18.0 Å². The van der Waals surface area contributed by atoms with Crippen molar-refractivity contribution in [2.24, 2.45) is 0 Å². The van der Waals surface area contributed by atoms with E-state index in [9.17, 15) is 4.79 Å². The Hall–Kier alpha value is -1.75. The third kappa shape index (κ3) is 1.87. The van der Waals surface area contributed by atoms with Gasteiger partial charge in [-0.2, -0.15) is 0 Å². The van der Waals surface area contributed by atoms with Crippen LogP contribution in [0.3, 0.4) is 0 Å². The highest BCUT2D eigenvalue weighted by molar-refractivity contribution is 7.71. The van der Waals surface area contributed by atoms with Gasteiger partial charge >= 0.3 is 0 Å². The highest BCUT2D eigenvalue weighted by Gasteiger charge is 2.15. The van der Waals surface area contributed by atoms with Crippen LogP contribution in [0.5, 0.6) is 0 Å². The molecule has 0 unspecified atom stereocenters. The summed E-state index contributed by atoms with van der Waals surface area (Å²) < 4.78 is 5.12. The molecule has 0 bridgehead atoms. The van der Waals surface area contributed by atoms with Gasteiger partial charge in [0.15, 0.2) is 5.76 Å². The largest absolute Gasteiger partial charge is 0.426 e. The van der Waals surface area contributed by atoms with Gasteiger partial charge in [-0.25, -0.2) is 0 Å². The lowest BCUT2D eigenvalue weighted by Crippen LogP contribution is -2.01. The highest BCUT2D eigenvalue weighted by Crippen LogP contribution is 2.12. The van der Waals surface area contributed by atoms with Crippen molar-refractivity contribution in [3.63, 3.8) is 0 Å². The minimum atomic E-state index is -0.192. The lowest BCUT2D eigenvalue weighted by Gasteiger charge is -1.96. The number of rotatable bonds is 2. The van der Waals surface area contributed by atoms with E-state index in [-0.39, 0.29) is 16.4 Å². The summed E-state index contributed by atoms with van der Waals surface area (Å²) in [6.45, 7) is 1.74. The zero-order valence-corrected chi connectivity index (χ0v) is 8.80. The summed E-state index contributed by atoms with van der Waals surface area (Å²) in [6, 6.07) is 3.26. The van der Waals surface area contributed by atoms with Gasteiger partial charge in [0, 0.05) is 18.0 Å². The van der Waals surface area contributed by atoms with E-state index in [4.69, 9.17) is 16.6 Å². The van der Waals surface area contributed by atoms with Gasteiger partial charge in [0.25, 0.3) is 4.84 Å². The fourth-order valence-corrected chi connectivity index (χ4v) is 1.49. The number of nitrogens with one attached hydrogen (secondary N) is 1. The predicted octanol–water partition coefficient (Wildman–Crippen LogP) is 2.27. The van der Waals surface area contributed by atoms with Crippen molar-refractivity contribution in [1.29, 1.82) is 0 Å². The van der Waals surface area contributed by atoms with Crippen molar-refractivity contribution < 1.29 is 9.21 Å². The quantitative estimate of drug-likeness (QED) is 0.623. The number of pyridine rings is 1. The number of nitrogens with zero attached hydrogens (tertiary/aromatic N) is 1. The van der Waals surface area contributed by atoms with Crippen LogP contribution >= 0.6 is 12.2 Å². The molecule has 0 aromatic carbocycles. The van der Waals surface area contributed by atoms with E-state index in [1.54, 1.807) is 31.5 Å². The van der Waals surface area contributed by atoms with E-state index in [1.165, 1.54) is 0 Å². The van der Waals surface area contributed by atoms with Crippen LogP contribution in [0.4, 0.5) is 0 Å². The van der Waals surface area contributed by atoms with Crippen LogP contribution in [-0.4, -0.2) is 15.8 Å². The van der Waals surface area contributed by atoms with E-state index in [0.29, 0.717) is 11.3 Å². The molecule has 1 N–H and O–H groups in total. The molecule has 0 spiro atoms. The molecule has 0 aliphatic carbocycles. The molecule has 4 nitrogen and oxygen atoms in total. The number of H-pyrrole nitrogens is 1. The lowest BCUT2D eigenvalue weighted by atomic mass is 10.1. The Kier molecular flexibility index (Phi) is 2.47. The molecule has 5 heteroatoms. The summed E-state index contributed by atoms with van der Waals surface area (Å²) in [5, 5.41) is 0. The molecule has 2 aromatic rings. The Bertz CT molecular complexity index is 542. The van der Waals surface area contributed by atoms with Crippen molar-refractivity contribution in [1.82, 2.24) is 9.97 Å². The number of oxazole rings is 1. The molecule has 0 atom stereocenters. The van der Waals surface area contributed by atoms with Crippen LogP contribution in [0, 0.1) is 11.8 Å². The van der Waals surface area contributed by atoms with Crippen molar-refractivity contribution in [2.45, 2.75) is 6.92 Å². The van der Waals surface area contributed by atoms with Gasteiger partial charge < -0.3 is 9.40 Å². The van der Waals surface area contributed by atoms with Gasteiger partial charge in [0.1, 0.15) is 0 Å². The van der Waals surface area contributed by atoms with Gasteiger partial charge in [-0.1, -0.05) is 0 Å². The second-order valence-electron chi connectivity index (χ2n) is 3.03. The first kappa shape index (κ1) is 9.79. The third-order valence-corrected chi connectivity index (χ3v) is 2.16. The zero-order chi connectivity index (χ0) is 10.8. The van der Waals surface area contributed by atoms with E-state index >= 15 is 0 Å². The fraction of sp³-hybridized carbons (Fsp3) is 0.100. The predicted molar refractivity (Wildman–Crippen MR) is 56.3 cm³/mol. The third-order valence-electron chi connectivity index (χ3n) is 1.97. The molecule has 2 aromatic heterocycles. The molecule has 2 heterocycles. The average molecular weight is 220 g/mol. The van der Waals surface area contributed by atoms with E-state index < -0.39 is 0 Å². The van der Waals surface area contributed by atoms with Gasteiger partial charge in [-0.05, 0) is 31.3 Å². The van der Waals surface area contributed by atoms with Crippen LogP contribution in [0.25, 0.3) is 0 Å². The first-order chi connectivity index (χ1) is 7.18.